The highest BCUT2D eigenvalue weighted by atomic mass is 32.1. The Hall–Kier alpha value is -2.72. The van der Waals surface area contributed by atoms with Crippen LogP contribution in [0.25, 0.3) is 21.3 Å². The lowest BCUT2D eigenvalue weighted by molar-refractivity contribution is 0.723. The van der Waals surface area contributed by atoms with Gasteiger partial charge in [-0.25, -0.2) is 9.97 Å². The normalized spacial score (nSPS) is 13.8. The van der Waals surface area contributed by atoms with E-state index in [-0.39, 0.29) is 0 Å². The minimum Gasteiger partial charge on any atom is -0.351 e. The van der Waals surface area contributed by atoms with Crippen molar-refractivity contribution in [3.05, 3.63) is 76.9 Å². The highest BCUT2D eigenvalue weighted by Crippen LogP contribution is 2.39. The Bertz CT molecular complexity index is 1080. The molecule has 128 valence electrons. The zero-order chi connectivity index (χ0) is 17.5. The number of rotatable bonds is 2. The smallest absolute Gasteiger partial charge is 0.141 e. The molecule has 4 aromatic rings. The van der Waals surface area contributed by atoms with E-state index in [1.165, 1.54) is 33.2 Å². The van der Waals surface area contributed by atoms with Crippen molar-refractivity contribution in [1.29, 1.82) is 0 Å². The van der Waals surface area contributed by atoms with E-state index in [9.17, 15) is 0 Å². The number of aryl methyl sites for hydroxylation is 1. The van der Waals surface area contributed by atoms with Crippen LogP contribution >= 0.6 is 11.3 Å². The minimum atomic E-state index is 0.908. The SMILES string of the molecule is Cc1ccc(-c2csc3ncnc(N4CCc5ccccc5C4)c23)cc1. The highest BCUT2D eigenvalue weighted by molar-refractivity contribution is 7.17. The quantitative estimate of drug-likeness (QED) is 0.492. The summed E-state index contributed by atoms with van der Waals surface area (Å²) in [6.07, 6.45) is 2.76. The summed E-state index contributed by atoms with van der Waals surface area (Å²) in [7, 11) is 0. The number of anilines is 1. The average Bonchev–Trinajstić information content (AvgIpc) is 3.12. The summed E-state index contributed by atoms with van der Waals surface area (Å²) >= 11 is 1.70. The molecule has 0 saturated heterocycles. The predicted octanol–water partition coefficient (Wildman–Crippen LogP) is 5.23. The van der Waals surface area contributed by atoms with E-state index in [1.807, 2.05) is 0 Å². The van der Waals surface area contributed by atoms with Crippen molar-refractivity contribution in [3.8, 4) is 11.1 Å². The van der Waals surface area contributed by atoms with Crippen LogP contribution in [-0.4, -0.2) is 16.5 Å². The van der Waals surface area contributed by atoms with E-state index < -0.39 is 0 Å². The fourth-order valence-electron chi connectivity index (χ4n) is 3.72. The third-order valence-electron chi connectivity index (χ3n) is 5.14. The first kappa shape index (κ1) is 15.5. The van der Waals surface area contributed by atoms with Crippen LogP contribution in [0.2, 0.25) is 0 Å². The molecule has 0 spiro atoms. The lowest BCUT2D eigenvalue weighted by Gasteiger charge is -2.30. The first-order chi connectivity index (χ1) is 12.8. The third kappa shape index (κ3) is 2.58. The van der Waals surface area contributed by atoms with E-state index in [0.29, 0.717) is 0 Å². The van der Waals surface area contributed by atoms with Crippen LogP contribution in [0.5, 0.6) is 0 Å². The van der Waals surface area contributed by atoms with Gasteiger partial charge in [0.25, 0.3) is 0 Å². The largest absolute Gasteiger partial charge is 0.351 e. The molecule has 0 aliphatic carbocycles. The van der Waals surface area contributed by atoms with E-state index in [0.717, 1.165) is 30.2 Å². The summed E-state index contributed by atoms with van der Waals surface area (Å²) < 4.78 is 0. The Morgan fingerprint density at radius 3 is 2.62 bits per heavy atom. The number of nitrogens with zero attached hydrogens (tertiary/aromatic N) is 3. The zero-order valence-electron chi connectivity index (χ0n) is 14.6. The van der Waals surface area contributed by atoms with Crippen LogP contribution in [-0.2, 0) is 13.0 Å². The second-order valence-electron chi connectivity index (χ2n) is 6.83. The number of benzene rings is 2. The van der Waals surface area contributed by atoms with Gasteiger partial charge < -0.3 is 4.90 Å². The molecule has 2 aromatic carbocycles. The molecule has 0 radical (unpaired) electrons. The Kier molecular flexibility index (Phi) is 3.71. The zero-order valence-corrected chi connectivity index (χ0v) is 15.5. The molecule has 1 aliphatic rings. The Morgan fingerprint density at radius 1 is 0.962 bits per heavy atom. The van der Waals surface area contributed by atoms with Gasteiger partial charge in [-0.1, -0.05) is 54.1 Å². The summed E-state index contributed by atoms with van der Waals surface area (Å²) in [4.78, 5) is 12.7. The van der Waals surface area contributed by atoms with Crippen molar-refractivity contribution in [2.24, 2.45) is 0 Å². The van der Waals surface area contributed by atoms with Gasteiger partial charge in [-0.3, -0.25) is 0 Å². The van der Waals surface area contributed by atoms with E-state index >= 15 is 0 Å². The summed E-state index contributed by atoms with van der Waals surface area (Å²) in [6.45, 7) is 4.02. The number of hydrogen-bond acceptors (Lipinski definition) is 4. The van der Waals surface area contributed by atoms with Crippen molar-refractivity contribution >= 4 is 27.4 Å². The lowest BCUT2D eigenvalue weighted by Crippen LogP contribution is -2.31. The molecule has 0 N–H and O–H groups in total. The molecule has 3 heterocycles. The van der Waals surface area contributed by atoms with Gasteiger partial charge >= 0.3 is 0 Å². The predicted molar refractivity (Wildman–Crippen MR) is 109 cm³/mol. The van der Waals surface area contributed by atoms with Gasteiger partial charge in [0, 0.05) is 24.0 Å². The Morgan fingerprint density at radius 2 is 1.77 bits per heavy atom. The van der Waals surface area contributed by atoms with Crippen LogP contribution in [0.1, 0.15) is 16.7 Å². The van der Waals surface area contributed by atoms with Gasteiger partial charge in [0.2, 0.25) is 0 Å². The van der Waals surface area contributed by atoms with Crippen molar-refractivity contribution < 1.29 is 0 Å². The molecular weight excluding hydrogens is 338 g/mol. The van der Waals surface area contributed by atoms with Crippen LogP contribution in [0.15, 0.2) is 60.2 Å². The van der Waals surface area contributed by atoms with Gasteiger partial charge in [-0.05, 0) is 30.0 Å². The molecule has 0 atom stereocenters. The second-order valence-corrected chi connectivity index (χ2v) is 7.69. The van der Waals surface area contributed by atoms with Gasteiger partial charge in [0.05, 0.1) is 5.39 Å². The van der Waals surface area contributed by atoms with Crippen LogP contribution in [0.4, 0.5) is 5.82 Å². The summed E-state index contributed by atoms with van der Waals surface area (Å²) in [5, 5.41) is 3.39. The van der Waals surface area contributed by atoms with Crippen molar-refractivity contribution in [2.45, 2.75) is 19.9 Å². The molecule has 26 heavy (non-hydrogen) atoms. The van der Waals surface area contributed by atoms with E-state index in [4.69, 9.17) is 4.98 Å². The topological polar surface area (TPSA) is 29.0 Å². The molecule has 2 aromatic heterocycles. The Labute approximate surface area is 157 Å². The number of thiophene rings is 1. The summed E-state index contributed by atoms with van der Waals surface area (Å²) in [5.74, 6) is 1.06. The standard InChI is InChI=1S/C22H19N3S/c1-15-6-8-17(9-7-15)19-13-26-22-20(19)21(23-14-24-22)25-11-10-16-4-2-3-5-18(16)12-25/h2-9,13-14H,10-12H2,1H3. The first-order valence-electron chi connectivity index (χ1n) is 8.90. The number of hydrogen-bond donors (Lipinski definition) is 0. The third-order valence-corrected chi connectivity index (χ3v) is 6.03. The van der Waals surface area contributed by atoms with Gasteiger partial charge in [0.1, 0.15) is 17.0 Å². The maximum Gasteiger partial charge on any atom is 0.141 e. The van der Waals surface area contributed by atoms with Crippen molar-refractivity contribution in [1.82, 2.24) is 9.97 Å². The van der Waals surface area contributed by atoms with Crippen LogP contribution in [0, 0.1) is 6.92 Å². The minimum absolute atomic E-state index is 0.908. The molecule has 0 bridgehead atoms. The summed E-state index contributed by atoms with van der Waals surface area (Å²) in [6, 6.07) is 17.4. The second kappa shape index (κ2) is 6.22. The molecular formula is C22H19N3S. The monoisotopic (exact) mass is 357 g/mol. The maximum atomic E-state index is 4.70. The van der Waals surface area contributed by atoms with Gasteiger partial charge in [-0.2, -0.15) is 0 Å². The van der Waals surface area contributed by atoms with Gasteiger partial charge in [-0.15, -0.1) is 11.3 Å². The van der Waals surface area contributed by atoms with Crippen molar-refractivity contribution in [2.75, 3.05) is 11.4 Å². The fourth-order valence-corrected chi connectivity index (χ4v) is 4.63. The molecule has 4 heteroatoms. The van der Waals surface area contributed by atoms with E-state index in [2.05, 4.69) is 70.7 Å². The highest BCUT2D eigenvalue weighted by Gasteiger charge is 2.21. The molecule has 0 saturated carbocycles. The molecule has 0 fully saturated rings. The maximum absolute atomic E-state index is 4.70. The lowest BCUT2D eigenvalue weighted by atomic mass is 9.99. The molecule has 5 rings (SSSR count). The molecule has 1 aliphatic heterocycles. The molecule has 0 amide bonds. The Balaban J connectivity index is 1.63. The van der Waals surface area contributed by atoms with Crippen LogP contribution < -0.4 is 4.90 Å². The molecule has 3 nitrogen and oxygen atoms in total. The average molecular weight is 357 g/mol. The number of aromatic nitrogens is 2. The fraction of sp³-hybridized carbons (Fsp3) is 0.182. The summed E-state index contributed by atoms with van der Waals surface area (Å²) in [5.41, 5.74) is 6.60. The van der Waals surface area contributed by atoms with Crippen LogP contribution in [0.3, 0.4) is 0 Å². The number of fused-ring (bicyclic) bond motifs is 2. The van der Waals surface area contributed by atoms with E-state index in [1.54, 1.807) is 17.7 Å². The molecule has 0 unspecified atom stereocenters. The van der Waals surface area contributed by atoms with Crippen molar-refractivity contribution in [3.63, 3.8) is 0 Å². The first-order valence-corrected chi connectivity index (χ1v) is 9.78. The van der Waals surface area contributed by atoms with Gasteiger partial charge in [0.15, 0.2) is 0 Å².